The summed E-state index contributed by atoms with van der Waals surface area (Å²) in [6.07, 6.45) is 8.15. The van der Waals surface area contributed by atoms with Crippen LogP contribution < -0.4 is 0 Å². The highest BCUT2D eigenvalue weighted by Crippen LogP contribution is 2.56. The van der Waals surface area contributed by atoms with Gasteiger partial charge < -0.3 is 29.3 Å². The van der Waals surface area contributed by atoms with Gasteiger partial charge in [0, 0.05) is 33.2 Å². The second-order valence-electron chi connectivity index (χ2n) is 13.8. The Morgan fingerprint density at radius 2 is 1.75 bits per heavy atom. The van der Waals surface area contributed by atoms with Gasteiger partial charge in [-0.05, 0) is 50.3 Å². The van der Waals surface area contributed by atoms with Gasteiger partial charge in [0.15, 0.2) is 0 Å². The highest BCUT2D eigenvalue weighted by Gasteiger charge is 2.73. The van der Waals surface area contributed by atoms with Crippen LogP contribution in [0, 0.1) is 11.8 Å². The number of para-hydroxylation sites is 1. The van der Waals surface area contributed by atoms with Crippen LogP contribution in [0.15, 0.2) is 78.9 Å². The zero-order valence-corrected chi connectivity index (χ0v) is 28.9. The zero-order valence-electron chi connectivity index (χ0n) is 28.9. The number of hydrogen-bond acceptors (Lipinski definition) is 9. The second kappa shape index (κ2) is 14.4. The third-order valence-corrected chi connectivity index (χ3v) is 10.8. The number of carbonyl (C=O) groups excluding carboxylic acids is 4. The summed E-state index contributed by atoms with van der Waals surface area (Å²) in [7, 11) is 1.70. The first-order valence-corrected chi connectivity index (χ1v) is 17.8. The smallest absolute Gasteiger partial charge is 0.313 e. The van der Waals surface area contributed by atoms with E-state index in [1.807, 2.05) is 73.7 Å². The fourth-order valence-electron chi connectivity index (χ4n) is 8.03. The molecule has 2 aromatic carbocycles. The molecule has 5 heterocycles. The largest absolute Gasteiger partial charge is 0.455 e. The lowest BCUT2D eigenvalue weighted by molar-refractivity contribution is -0.164. The van der Waals surface area contributed by atoms with Crippen molar-refractivity contribution < 1.29 is 33.8 Å². The van der Waals surface area contributed by atoms with E-state index in [2.05, 4.69) is 10.3 Å². The number of likely N-dealkylation sites (tertiary alicyclic amines) is 1. The van der Waals surface area contributed by atoms with Gasteiger partial charge in [-0.3, -0.25) is 19.2 Å². The molecular weight excluding hydrogens is 652 g/mol. The van der Waals surface area contributed by atoms with Crippen LogP contribution in [-0.2, 0) is 35.3 Å². The van der Waals surface area contributed by atoms with Crippen molar-refractivity contribution in [3.05, 3.63) is 84.5 Å². The van der Waals surface area contributed by atoms with E-state index in [0.717, 1.165) is 11.1 Å². The summed E-state index contributed by atoms with van der Waals surface area (Å²) in [6, 6.07) is 15.2. The van der Waals surface area contributed by atoms with Crippen molar-refractivity contribution in [2.45, 2.75) is 75.6 Å². The summed E-state index contributed by atoms with van der Waals surface area (Å²) in [5.74, 6) is -3.41. The number of aliphatic hydroxyl groups excluding tert-OH is 1. The topological polar surface area (TPSA) is 147 Å². The molecule has 4 aliphatic heterocycles. The van der Waals surface area contributed by atoms with Crippen molar-refractivity contribution in [2.75, 3.05) is 26.7 Å². The molecule has 2 fully saturated rings. The van der Waals surface area contributed by atoms with Crippen molar-refractivity contribution in [3.8, 4) is 0 Å². The van der Waals surface area contributed by atoms with Crippen LogP contribution in [0.3, 0.4) is 0 Å². The van der Waals surface area contributed by atoms with E-state index >= 15 is 0 Å². The fraction of sp³-hybridized carbons (Fsp3) is 0.474. The predicted molar refractivity (Wildman–Crippen MR) is 185 cm³/mol. The van der Waals surface area contributed by atoms with Gasteiger partial charge in [-0.2, -0.15) is 0 Å². The van der Waals surface area contributed by atoms with E-state index in [1.165, 1.54) is 0 Å². The van der Waals surface area contributed by atoms with Crippen molar-refractivity contribution in [1.29, 1.82) is 0 Å². The van der Waals surface area contributed by atoms with E-state index < -0.39 is 47.7 Å². The first kappa shape index (κ1) is 34.6. The minimum absolute atomic E-state index is 0.0259. The maximum absolute atomic E-state index is 15.0. The average molecular weight is 697 g/mol. The Morgan fingerprint density at radius 1 is 0.961 bits per heavy atom. The summed E-state index contributed by atoms with van der Waals surface area (Å²) in [5.41, 5.74) is 0.755. The molecule has 0 radical (unpaired) electrons. The van der Waals surface area contributed by atoms with Gasteiger partial charge in [-0.1, -0.05) is 72.0 Å². The lowest BCUT2D eigenvalue weighted by atomic mass is 9.74. The first-order chi connectivity index (χ1) is 24.7. The number of ether oxygens (including phenoxy) is 2. The van der Waals surface area contributed by atoms with E-state index in [-0.39, 0.29) is 50.5 Å². The third-order valence-electron chi connectivity index (χ3n) is 10.8. The normalized spacial score (nSPS) is 30.4. The molecule has 51 heavy (non-hydrogen) atoms. The number of fused-ring (bicyclic) bond motifs is 3. The molecule has 1 aromatic heterocycles. The minimum Gasteiger partial charge on any atom is -0.455 e. The van der Waals surface area contributed by atoms with Crippen molar-refractivity contribution in [3.63, 3.8) is 0 Å². The first-order valence-electron chi connectivity index (χ1n) is 17.8. The Hall–Kier alpha value is -4.88. The number of hydrogen-bond donors (Lipinski definition) is 1. The third kappa shape index (κ3) is 6.22. The van der Waals surface area contributed by atoms with Crippen LogP contribution in [0.4, 0.5) is 0 Å². The Kier molecular flexibility index (Phi) is 9.75. The predicted octanol–water partition coefficient (Wildman–Crippen LogP) is 3.01. The molecule has 1 spiro atoms. The number of likely N-dealkylation sites (N-methyl/N-ethyl adjacent to an activating group) is 1. The molecule has 13 heteroatoms. The van der Waals surface area contributed by atoms with Crippen molar-refractivity contribution >= 4 is 34.7 Å². The monoisotopic (exact) mass is 696 g/mol. The van der Waals surface area contributed by atoms with Gasteiger partial charge in [-0.25, -0.2) is 4.68 Å². The summed E-state index contributed by atoms with van der Waals surface area (Å²) in [5, 5.41) is 18.0. The van der Waals surface area contributed by atoms with Crippen molar-refractivity contribution in [1.82, 2.24) is 29.7 Å². The lowest BCUT2D eigenvalue weighted by Crippen LogP contribution is -2.56. The average Bonchev–Trinajstić information content (AvgIpc) is 3.90. The van der Waals surface area contributed by atoms with Crippen LogP contribution >= 0.6 is 0 Å². The molecule has 7 rings (SSSR count). The van der Waals surface area contributed by atoms with Gasteiger partial charge in [0.2, 0.25) is 11.8 Å². The van der Waals surface area contributed by atoms with E-state index in [1.54, 1.807) is 38.6 Å². The number of amides is 3. The summed E-state index contributed by atoms with van der Waals surface area (Å²) < 4.78 is 14.6. The number of carbonyl (C=O) groups is 4. The molecule has 1 N–H and O–H groups in total. The highest BCUT2D eigenvalue weighted by molar-refractivity contribution is 5.99. The number of cyclic esters (lactones) is 1. The van der Waals surface area contributed by atoms with Crippen LogP contribution in [0.1, 0.15) is 50.7 Å². The van der Waals surface area contributed by atoms with Crippen LogP contribution in [0.25, 0.3) is 11.0 Å². The van der Waals surface area contributed by atoms with Gasteiger partial charge in [0.25, 0.3) is 5.91 Å². The Bertz CT molecular complexity index is 1840. The van der Waals surface area contributed by atoms with Gasteiger partial charge in [0.05, 0.1) is 23.6 Å². The molecule has 0 aliphatic carbocycles. The van der Waals surface area contributed by atoms with E-state index in [0.29, 0.717) is 31.2 Å². The highest BCUT2D eigenvalue weighted by atomic mass is 16.6. The number of allylic oxidation sites excluding steroid dienone is 1. The Morgan fingerprint density at radius 3 is 2.55 bits per heavy atom. The maximum Gasteiger partial charge on any atom is 0.313 e. The second-order valence-corrected chi connectivity index (χ2v) is 13.8. The Labute approximate surface area is 296 Å². The Balaban J connectivity index is 1.29. The van der Waals surface area contributed by atoms with Crippen LogP contribution in [0.2, 0.25) is 0 Å². The van der Waals surface area contributed by atoms with Crippen molar-refractivity contribution in [2.24, 2.45) is 11.8 Å². The van der Waals surface area contributed by atoms with E-state index in [9.17, 15) is 24.3 Å². The number of benzene rings is 2. The van der Waals surface area contributed by atoms with E-state index in [4.69, 9.17) is 9.47 Å². The number of rotatable bonds is 8. The summed E-state index contributed by atoms with van der Waals surface area (Å²) >= 11 is 0. The molecular formula is C38H44N6O7. The summed E-state index contributed by atoms with van der Waals surface area (Å²) in [4.78, 5) is 62.1. The molecule has 2 saturated heterocycles. The molecule has 7 atom stereocenters. The number of nitrogens with zero attached hydrogens (tertiary/aromatic N) is 6. The van der Waals surface area contributed by atoms with Crippen LogP contribution in [-0.4, -0.2) is 109 Å². The molecule has 3 aromatic rings. The molecule has 0 saturated carbocycles. The number of aromatic nitrogens is 3. The molecule has 13 nitrogen and oxygen atoms in total. The summed E-state index contributed by atoms with van der Waals surface area (Å²) in [6.45, 7) is 2.35. The fourth-order valence-corrected chi connectivity index (χ4v) is 8.03. The molecule has 3 amide bonds. The number of esters is 1. The molecule has 268 valence electrons. The maximum atomic E-state index is 15.0. The zero-order chi connectivity index (χ0) is 35.7. The minimum atomic E-state index is -1.39. The lowest BCUT2D eigenvalue weighted by Gasteiger charge is -2.35. The molecule has 5 bridgehead atoms. The number of unbranched alkanes of at least 4 members (excludes halogenated alkanes) is 2. The van der Waals surface area contributed by atoms with Gasteiger partial charge in [0.1, 0.15) is 35.9 Å². The SMILES string of the molecule is C[C@H]1[C@H](c2ccccc2)OC(=O)[C@@H]2[C@H]3C(=O)N(CCCCCO)[C@H](C(=O)N(Cn4nnc5ccccc54)C/C=C\CCC(=O)N1C)[C@]31C=C[C@H]2O1. The number of aliphatic hydroxyl groups is 1. The van der Waals surface area contributed by atoms with Crippen LogP contribution in [0.5, 0.6) is 0 Å². The van der Waals surface area contributed by atoms with Gasteiger partial charge in [-0.15, -0.1) is 5.10 Å². The molecule has 4 aliphatic rings. The quantitative estimate of drug-likeness (QED) is 0.213. The van der Waals surface area contributed by atoms with Gasteiger partial charge >= 0.3 is 5.97 Å². The molecule has 0 unspecified atom stereocenters. The standard InChI is InChI=1S/C38H44N6O7/c1-25-33(26-14-6-3-7-15-26)50-37(49)31-29-19-20-38(51-29)32(31)35(47)43(22-12-5-13-23-45)34(38)36(48)42(21-11-4-8-18-30(46)41(25)2)24-44-28-17-10-9-16-27(28)39-40-44/h3-4,6-7,9-11,14-17,19-20,25,29,31-34,45H,5,8,12-13,18,21-24H2,1-2H3/b11-4-/t25-,29+,31-,32-,33+,34+,38-/m0/s1.